The van der Waals surface area contributed by atoms with Crippen molar-refractivity contribution in [2.45, 2.75) is 26.7 Å². The Morgan fingerprint density at radius 2 is 1.07 bits per heavy atom. The van der Waals surface area contributed by atoms with Crippen LogP contribution in [0.1, 0.15) is 26.7 Å². The lowest BCUT2D eigenvalue weighted by molar-refractivity contribution is -0.143. The van der Waals surface area contributed by atoms with E-state index in [-0.39, 0.29) is 11.9 Å². The number of ether oxygens (including phenoxy) is 2. The average molecular weight is 561 g/mol. The molecule has 0 aromatic heterocycles. The van der Waals surface area contributed by atoms with Gasteiger partial charge in [0.25, 0.3) is 0 Å². The van der Waals surface area contributed by atoms with E-state index in [1.165, 1.54) is 25.4 Å². The third-order valence-corrected chi connectivity index (χ3v) is 14.6. The Morgan fingerprint density at radius 3 is 1.40 bits per heavy atom. The maximum absolute atomic E-state index is 11.6. The first-order chi connectivity index (χ1) is 14.5. The van der Waals surface area contributed by atoms with E-state index in [1.54, 1.807) is 70.6 Å². The van der Waals surface area contributed by atoms with Crippen LogP contribution in [0.5, 0.6) is 0 Å². The van der Waals surface area contributed by atoms with Crippen molar-refractivity contribution in [1.82, 2.24) is 0 Å². The summed E-state index contributed by atoms with van der Waals surface area (Å²) in [5.74, 6) is 1.20. The highest BCUT2D eigenvalue weighted by Crippen LogP contribution is 2.65. The van der Waals surface area contributed by atoms with E-state index in [4.69, 9.17) is 9.47 Å². The zero-order valence-electron chi connectivity index (χ0n) is 17.1. The number of rotatable bonds is 12. The van der Waals surface area contributed by atoms with Crippen LogP contribution in [-0.4, -0.2) is 49.2 Å². The van der Waals surface area contributed by atoms with Crippen molar-refractivity contribution in [3.8, 4) is 0 Å². The van der Waals surface area contributed by atoms with Crippen LogP contribution in [0.15, 0.2) is 25.4 Å². The van der Waals surface area contributed by atoms with Gasteiger partial charge in [0, 0.05) is 11.5 Å². The van der Waals surface area contributed by atoms with Gasteiger partial charge in [-0.15, -0.1) is 47.0 Å². The smallest absolute Gasteiger partial charge is 0.306 e. The fourth-order valence-corrected chi connectivity index (χ4v) is 13.2. The molecule has 4 nitrogen and oxygen atoms in total. The Balaban J connectivity index is 1.91. The normalized spacial score (nSPS) is 19.1. The van der Waals surface area contributed by atoms with Gasteiger partial charge < -0.3 is 9.47 Å². The Labute approximate surface area is 212 Å². The molecule has 0 saturated carbocycles. The molecule has 2 aliphatic rings. The summed E-state index contributed by atoms with van der Waals surface area (Å²) in [6.07, 6.45) is 5.06. The number of carbonyl (C=O) groups is 2. The minimum atomic E-state index is -0.134. The molecule has 0 radical (unpaired) electrons. The second kappa shape index (κ2) is 15.0. The monoisotopic (exact) mass is 560 g/mol. The van der Waals surface area contributed by atoms with Crippen molar-refractivity contribution in [2.24, 2.45) is 0 Å². The molecular weight excluding hydrogens is 537 g/mol. The topological polar surface area (TPSA) is 52.6 Å². The van der Waals surface area contributed by atoms with Gasteiger partial charge in [0.15, 0.2) is 0 Å². The summed E-state index contributed by atoms with van der Waals surface area (Å²) >= 11 is 14.2. The molecule has 0 unspecified atom stereocenters. The summed E-state index contributed by atoms with van der Waals surface area (Å²) < 4.78 is 17.8. The Morgan fingerprint density at radius 1 is 0.700 bits per heavy atom. The summed E-state index contributed by atoms with van der Waals surface area (Å²) in [6.45, 7) is 4.53. The predicted molar refractivity (Wildman–Crippen MR) is 146 cm³/mol. The quantitative estimate of drug-likeness (QED) is 0.223. The third-order valence-electron chi connectivity index (χ3n) is 3.30. The van der Waals surface area contributed by atoms with Crippen LogP contribution in [0, 0.1) is 0 Å². The maximum Gasteiger partial charge on any atom is 0.306 e. The summed E-state index contributed by atoms with van der Waals surface area (Å²) in [6, 6.07) is 0. The minimum Gasteiger partial charge on any atom is -0.466 e. The van der Waals surface area contributed by atoms with E-state index in [1.807, 2.05) is 37.4 Å². The van der Waals surface area contributed by atoms with Crippen LogP contribution in [0.4, 0.5) is 0 Å². The summed E-state index contributed by atoms with van der Waals surface area (Å²) in [7, 11) is 0. The Bertz CT molecular complexity index is 672. The molecule has 2 rings (SSSR count). The van der Waals surface area contributed by atoms with E-state index in [2.05, 4.69) is 12.5 Å². The van der Waals surface area contributed by atoms with Gasteiger partial charge in [0.1, 0.15) is 0 Å². The predicted octanol–water partition coefficient (Wildman–Crippen LogP) is 7.43. The lowest BCUT2D eigenvalue weighted by Gasteiger charge is -2.04. The largest absolute Gasteiger partial charge is 0.466 e. The second-order valence-corrected chi connectivity index (χ2v) is 14.8. The summed E-state index contributed by atoms with van der Waals surface area (Å²) in [4.78, 5) is 23.2. The van der Waals surface area contributed by atoms with Crippen molar-refractivity contribution >= 4 is 106 Å². The second-order valence-electron chi connectivity index (χ2n) is 5.35. The van der Waals surface area contributed by atoms with Gasteiger partial charge in [0.05, 0.1) is 51.5 Å². The molecule has 0 aliphatic carbocycles. The van der Waals surface area contributed by atoms with E-state index >= 15 is 0 Å². The van der Waals surface area contributed by atoms with Crippen LogP contribution in [-0.2, 0) is 19.1 Å². The summed E-state index contributed by atoms with van der Waals surface area (Å²) in [5.41, 5.74) is 0. The van der Waals surface area contributed by atoms with E-state index in [0.29, 0.717) is 26.1 Å². The van der Waals surface area contributed by atoms with Crippen molar-refractivity contribution in [3.05, 3.63) is 25.4 Å². The van der Waals surface area contributed by atoms with Crippen molar-refractivity contribution in [3.63, 3.8) is 0 Å². The number of esters is 2. The number of hydrogen-bond donors (Lipinski definition) is 0. The molecule has 2 aliphatic heterocycles. The first kappa shape index (κ1) is 27.2. The molecular formula is C18H24O4S8. The summed E-state index contributed by atoms with van der Waals surface area (Å²) in [5, 5.41) is 0. The standard InChI is InChI=1S/C18H24O4S8/c1-5-21-11(19)7-9-25-15-13(23-3)27-17(29-15)18-28-14(24-4)16(30-18)26-10-8-12(20)22-6-2/h5-10H2,1-4H3/b18-17+. The van der Waals surface area contributed by atoms with Gasteiger partial charge in [0.2, 0.25) is 0 Å². The lowest BCUT2D eigenvalue weighted by atomic mass is 10.5. The van der Waals surface area contributed by atoms with Crippen LogP contribution in [0.2, 0.25) is 0 Å². The molecule has 0 N–H and O–H groups in total. The molecule has 0 saturated heterocycles. The number of carbonyl (C=O) groups excluding carboxylic acids is 2. The first-order valence-electron chi connectivity index (χ1n) is 9.11. The van der Waals surface area contributed by atoms with Crippen LogP contribution in [0.25, 0.3) is 0 Å². The fourth-order valence-electron chi connectivity index (χ4n) is 2.06. The SMILES string of the molecule is CCOC(=O)CCSC1=C(SC)S/C(=C2/SC(SC)=C(SCCC(=O)OCC)S2)S1. The molecule has 0 amide bonds. The van der Waals surface area contributed by atoms with Gasteiger partial charge in [-0.05, 0) is 26.4 Å². The highest BCUT2D eigenvalue weighted by Gasteiger charge is 2.30. The number of thioether (sulfide) groups is 8. The van der Waals surface area contributed by atoms with Gasteiger partial charge in [-0.1, -0.05) is 47.0 Å². The molecule has 168 valence electrons. The molecule has 0 aromatic rings. The molecule has 30 heavy (non-hydrogen) atoms. The zero-order valence-corrected chi connectivity index (χ0v) is 23.7. The van der Waals surface area contributed by atoms with Gasteiger partial charge in [-0.25, -0.2) is 0 Å². The van der Waals surface area contributed by atoms with Crippen molar-refractivity contribution < 1.29 is 19.1 Å². The van der Waals surface area contributed by atoms with Gasteiger partial charge in [-0.3, -0.25) is 9.59 Å². The fraction of sp³-hybridized carbons (Fsp3) is 0.556. The van der Waals surface area contributed by atoms with E-state index in [0.717, 1.165) is 11.5 Å². The molecule has 0 spiro atoms. The highest BCUT2D eigenvalue weighted by atomic mass is 32.3. The number of hydrogen-bond acceptors (Lipinski definition) is 12. The third kappa shape index (κ3) is 8.72. The maximum atomic E-state index is 11.6. The Kier molecular flexibility index (Phi) is 13.6. The molecule has 0 fully saturated rings. The van der Waals surface area contributed by atoms with Crippen LogP contribution in [0.3, 0.4) is 0 Å². The van der Waals surface area contributed by atoms with Gasteiger partial charge >= 0.3 is 11.9 Å². The highest BCUT2D eigenvalue weighted by molar-refractivity contribution is 8.45. The molecule has 12 heteroatoms. The molecule has 0 aromatic carbocycles. The molecule has 0 atom stereocenters. The first-order valence-corrected chi connectivity index (χ1v) is 16.8. The Hall–Kier alpha value is 0.960. The van der Waals surface area contributed by atoms with Crippen molar-refractivity contribution in [2.75, 3.05) is 37.2 Å². The molecule has 2 heterocycles. The molecule has 0 bridgehead atoms. The van der Waals surface area contributed by atoms with Crippen LogP contribution >= 0.6 is 94.1 Å². The van der Waals surface area contributed by atoms with Gasteiger partial charge in [-0.2, -0.15) is 0 Å². The minimum absolute atomic E-state index is 0.134. The lowest BCUT2D eigenvalue weighted by Crippen LogP contribution is -2.04. The zero-order chi connectivity index (χ0) is 21.9. The van der Waals surface area contributed by atoms with E-state index in [9.17, 15) is 9.59 Å². The van der Waals surface area contributed by atoms with E-state index < -0.39 is 0 Å². The van der Waals surface area contributed by atoms with Crippen molar-refractivity contribution in [1.29, 1.82) is 0 Å². The average Bonchev–Trinajstić information content (AvgIpc) is 3.32. The van der Waals surface area contributed by atoms with Crippen LogP contribution < -0.4 is 0 Å².